The average Bonchev–Trinajstić information content (AvgIpc) is 2.71. The Labute approximate surface area is 96.2 Å². The van der Waals surface area contributed by atoms with Gasteiger partial charge >= 0.3 is 0 Å². The molecule has 0 saturated carbocycles. The van der Waals surface area contributed by atoms with Crippen molar-refractivity contribution in [2.24, 2.45) is 11.7 Å². The van der Waals surface area contributed by atoms with E-state index >= 15 is 0 Å². The molecule has 1 rings (SSSR count). The summed E-state index contributed by atoms with van der Waals surface area (Å²) in [6.45, 7) is 4.33. The van der Waals surface area contributed by atoms with E-state index < -0.39 is 0 Å². The zero-order valence-corrected chi connectivity index (χ0v) is 9.90. The summed E-state index contributed by atoms with van der Waals surface area (Å²) in [6, 6.07) is 3.82. The molecule has 2 unspecified atom stereocenters. The Morgan fingerprint density at radius 2 is 2.38 bits per heavy atom. The molecule has 3 N–H and O–H groups in total. The minimum absolute atomic E-state index is 0.0315. The molecule has 0 spiro atoms. The molecule has 2 atom stereocenters. The molecular formula is C12H20N2O2. The van der Waals surface area contributed by atoms with Crippen LogP contribution >= 0.6 is 0 Å². The van der Waals surface area contributed by atoms with E-state index in [-0.39, 0.29) is 17.9 Å². The highest BCUT2D eigenvalue weighted by molar-refractivity contribution is 5.79. The van der Waals surface area contributed by atoms with Crippen molar-refractivity contribution < 1.29 is 9.21 Å². The lowest BCUT2D eigenvalue weighted by atomic mass is 10.1. The van der Waals surface area contributed by atoms with Crippen LogP contribution in [0.25, 0.3) is 0 Å². The molecule has 0 aliphatic heterocycles. The number of furan rings is 1. The second-order valence-electron chi connectivity index (χ2n) is 4.03. The predicted octanol–water partition coefficient (Wildman–Crippen LogP) is 1.31. The second kappa shape index (κ2) is 6.33. The van der Waals surface area contributed by atoms with E-state index in [0.29, 0.717) is 13.0 Å². The van der Waals surface area contributed by atoms with E-state index in [1.165, 1.54) is 0 Å². The largest absolute Gasteiger partial charge is 0.469 e. The maximum absolute atomic E-state index is 11.7. The predicted molar refractivity (Wildman–Crippen MR) is 62.9 cm³/mol. The topological polar surface area (TPSA) is 68.3 Å². The van der Waals surface area contributed by atoms with Crippen molar-refractivity contribution >= 4 is 5.91 Å². The fourth-order valence-corrected chi connectivity index (χ4v) is 1.60. The lowest BCUT2D eigenvalue weighted by Gasteiger charge is -2.17. The van der Waals surface area contributed by atoms with Gasteiger partial charge in [0.25, 0.3) is 0 Å². The third kappa shape index (κ3) is 3.70. The van der Waals surface area contributed by atoms with Gasteiger partial charge in [-0.25, -0.2) is 0 Å². The summed E-state index contributed by atoms with van der Waals surface area (Å²) in [5, 5.41) is 2.94. The number of nitrogens with one attached hydrogen (secondary N) is 1. The molecule has 4 heteroatoms. The maximum Gasteiger partial charge on any atom is 0.224 e. The minimum Gasteiger partial charge on any atom is -0.469 e. The van der Waals surface area contributed by atoms with E-state index in [9.17, 15) is 4.79 Å². The number of amides is 1. The molecule has 0 radical (unpaired) electrons. The number of hydrogen-bond acceptors (Lipinski definition) is 3. The van der Waals surface area contributed by atoms with Gasteiger partial charge in [0, 0.05) is 24.9 Å². The van der Waals surface area contributed by atoms with Crippen molar-refractivity contribution in [3.8, 4) is 0 Å². The third-order valence-electron chi connectivity index (χ3n) is 2.62. The Hall–Kier alpha value is -1.29. The summed E-state index contributed by atoms with van der Waals surface area (Å²) in [5.41, 5.74) is 5.52. The highest BCUT2D eigenvalue weighted by atomic mass is 16.3. The summed E-state index contributed by atoms with van der Waals surface area (Å²) < 4.78 is 5.22. The van der Waals surface area contributed by atoms with Gasteiger partial charge in [-0.3, -0.25) is 4.79 Å². The average molecular weight is 224 g/mol. The van der Waals surface area contributed by atoms with Gasteiger partial charge in [0.15, 0.2) is 0 Å². The second-order valence-corrected chi connectivity index (χ2v) is 4.03. The molecule has 0 aliphatic rings. The van der Waals surface area contributed by atoms with Gasteiger partial charge in [-0.2, -0.15) is 0 Å². The zero-order valence-electron chi connectivity index (χ0n) is 9.90. The molecule has 1 aromatic rings. The number of rotatable bonds is 6. The lowest BCUT2D eigenvalue weighted by molar-refractivity contribution is -0.125. The standard InChI is InChI=1S/C12H20N2O2/c1-3-10(8-13)12(15)14-9(2)7-11-5-4-6-16-11/h4-6,9-10H,3,7-8,13H2,1-2H3,(H,14,15). The van der Waals surface area contributed by atoms with Crippen LogP contribution in [0, 0.1) is 5.92 Å². The number of carbonyl (C=O) groups excluding carboxylic acids is 1. The number of hydrogen-bond donors (Lipinski definition) is 2. The summed E-state index contributed by atoms with van der Waals surface area (Å²) in [4.78, 5) is 11.7. The molecule has 16 heavy (non-hydrogen) atoms. The van der Waals surface area contributed by atoms with Crippen LogP contribution in [-0.4, -0.2) is 18.5 Å². The first-order chi connectivity index (χ1) is 7.67. The Bertz CT molecular complexity index is 305. The van der Waals surface area contributed by atoms with Gasteiger partial charge in [-0.1, -0.05) is 6.92 Å². The van der Waals surface area contributed by atoms with Crippen molar-refractivity contribution in [2.45, 2.75) is 32.7 Å². The Kier molecular flexibility index (Phi) is 5.05. The van der Waals surface area contributed by atoms with Crippen molar-refractivity contribution in [2.75, 3.05) is 6.54 Å². The summed E-state index contributed by atoms with van der Waals surface area (Å²) in [5.74, 6) is 0.830. The van der Waals surface area contributed by atoms with Gasteiger partial charge in [0.1, 0.15) is 5.76 Å². The summed E-state index contributed by atoms with van der Waals surface area (Å²) in [7, 11) is 0. The number of nitrogens with two attached hydrogens (primary N) is 1. The van der Waals surface area contributed by atoms with Crippen LogP contribution in [0.5, 0.6) is 0 Å². The molecule has 0 fully saturated rings. The molecule has 1 heterocycles. The molecule has 1 aromatic heterocycles. The molecule has 0 saturated heterocycles. The van der Waals surface area contributed by atoms with Gasteiger partial charge in [-0.05, 0) is 25.5 Å². The lowest BCUT2D eigenvalue weighted by Crippen LogP contribution is -2.40. The first kappa shape index (κ1) is 12.8. The number of carbonyl (C=O) groups is 1. The molecule has 0 aromatic carbocycles. The smallest absolute Gasteiger partial charge is 0.224 e. The normalized spacial score (nSPS) is 14.4. The quantitative estimate of drug-likeness (QED) is 0.765. The van der Waals surface area contributed by atoms with Crippen molar-refractivity contribution in [1.82, 2.24) is 5.32 Å². The first-order valence-corrected chi connectivity index (χ1v) is 5.70. The molecule has 0 aliphatic carbocycles. The molecule has 1 amide bonds. The monoisotopic (exact) mass is 224 g/mol. The van der Waals surface area contributed by atoms with Crippen LogP contribution in [0.1, 0.15) is 26.0 Å². The first-order valence-electron chi connectivity index (χ1n) is 5.70. The zero-order chi connectivity index (χ0) is 12.0. The molecule has 4 nitrogen and oxygen atoms in total. The highest BCUT2D eigenvalue weighted by Gasteiger charge is 2.16. The summed E-state index contributed by atoms with van der Waals surface area (Å²) >= 11 is 0. The third-order valence-corrected chi connectivity index (χ3v) is 2.62. The van der Waals surface area contributed by atoms with Crippen LogP contribution in [0.4, 0.5) is 0 Å². The van der Waals surface area contributed by atoms with Crippen LogP contribution in [0.2, 0.25) is 0 Å². The van der Waals surface area contributed by atoms with Crippen molar-refractivity contribution in [3.05, 3.63) is 24.2 Å². The Balaban J connectivity index is 2.39. The summed E-state index contributed by atoms with van der Waals surface area (Å²) in [6.07, 6.45) is 3.12. The Morgan fingerprint density at radius 1 is 1.62 bits per heavy atom. The van der Waals surface area contributed by atoms with Crippen LogP contribution in [0.3, 0.4) is 0 Å². The van der Waals surface area contributed by atoms with Gasteiger partial charge < -0.3 is 15.5 Å². The van der Waals surface area contributed by atoms with E-state index in [4.69, 9.17) is 10.2 Å². The van der Waals surface area contributed by atoms with Gasteiger partial charge in [-0.15, -0.1) is 0 Å². The Morgan fingerprint density at radius 3 is 2.88 bits per heavy atom. The molecule has 90 valence electrons. The van der Waals surface area contributed by atoms with E-state index in [1.807, 2.05) is 26.0 Å². The van der Waals surface area contributed by atoms with Crippen molar-refractivity contribution in [3.63, 3.8) is 0 Å². The van der Waals surface area contributed by atoms with Crippen LogP contribution in [0.15, 0.2) is 22.8 Å². The molecular weight excluding hydrogens is 204 g/mol. The van der Waals surface area contributed by atoms with Crippen LogP contribution in [-0.2, 0) is 11.2 Å². The minimum atomic E-state index is -0.0842. The van der Waals surface area contributed by atoms with Crippen molar-refractivity contribution in [1.29, 1.82) is 0 Å². The maximum atomic E-state index is 11.7. The fraction of sp³-hybridized carbons (Fsp3) is 0.583. The van der Waals surface area contributed by atoms with Gasteiger partial charge in [0.05, 0.1) is 6.26 Å². The van der Waals surface area contributed by atoms with E-state index in [2.05, 4.69) is 5.32 Å². The SMILES string of the molecule is CCC(CN)C(=O)NC(C)Cc1ccco1. The molecule has 0 bridgehead atoms. The van der Waals surface area contributed by atoms with Gasteiger partial charge in [0.2, 0.25) is 5.91 Å². The highest BCUT2D eigenvalue weighted by Crippen LogP contribution is 2.05. The van der Waals surface area contributed by atoms with E-state index in [0.717, 1.165) is 12.2 Å². The van der Waals surface area contributed by atoms with E-state index in [1.54, 1.807) is 6.26 Å². The fourth-order valence-electron chi connectivity index (χ4n) is 1.60. The van der Waals surface area contributed by atoms with Crippen LogP contribution < -0.4 is 11.1 Å².